The number of aromatic nitrogens is 2. The fraction of sp³-hybridized carbons (Fsp3) is 0.429. The Kier molecular flexibility index (Phi) is 3.89. The van der Waals surface area contributed by atoms with Crippen molar-refractivity contribution in [2.45, 2.75) is 38.1 Å². The highest BCUT2D eigenvalue weighted by molar-refractivity contribution is 9.10. The second kappa shape index (κ2) is 5.63. The lowest BCUT2D eigenvalue weighted by atomic mass is 9.95. The van der Waals surface area contributed by atoms with Crippen LogP contribution in [0.15, 0.2) is 22.7 Å². The minimum Gasteiger partial charge on any atom is -0.367 e. The van der Waals surface area contributed by atoms with E-state index in [1.54, 1.807) is 0 Å². The van der Waals surface area contributed by atoms with Crippen molar-refractivity contribution in [1.29, 1.82) is 0 Å². The average Bonchev–Trinajstić information content (AvgIpc) is 2.41. The molecule has 3 nitrogen and oxygen atoms in total. The molecule has 0 saturated heterocycles. The van der Waals surface area contributed by atoms with Gasteiger partial charge < -0.3 is 5.32 Å². The Bertz CT molecular complexity index is 597. The molecule has 0 radical (unpaired) electrons. The monoisotopic (exact) mass is 339 g/mol. The third-order valence-electron chi connectivity index (χ3n) is 3.58. The lowest BCUT2D eigenvalue weighted by Crippen LogP contribution is -2.23. The molecule has 1 aromatic heterocycles. The second-order valence-corrected chi connectivity index (χ2v) is 6.24. The summed E-state index contributed by atoms with van der Waals surface area (Å²) in [7, 11) is 0. The summed E-state index contributed by atoms with van der Waals surface area (Å²) in [6.45, 7) is 0. The molecule has 1 aliphatic rings. The van der Waals surface area contributed by atoms with E-state index < -0.39 is 0 Å². The second-order valence-electron chi connectivity index (χ2n) is 4.98. The molecule has 0 bridgehead atoms. The minimum absolute atomic E-state index is 0.299. The highest BCUT2D eigenvalue weighted by Gasteiger charge is 2.15. The summed E-state index contributed by atoms with van der Waals surface area (Å²) < 4.78 is 1.03. The largest absolute Gasteiger partial charge is 0.367 e. The topological polar surface area (TPSA) is 37.8 Å². The molecule has 1 N–H and O–H groups in total. The third-order valence-corrected chi connectivity index (χ3v) is 4.24. The lowest BCUT2D eigenvalue weighted by Gasteiger charge is -2.23. The molecular formula is C14H15BrClN3. The normalized spacial score (nSPS) is 16.7. The van der Waals surface area contributed by atoms with Crippen LogP contribution in [0.3, 0.4) is 0 Å². The number of hydrogen-bond acceptors (Lipinski definition) is 3. The van der Waals surface area contributed by atoms with Crippen molar-refractivity contribution >= 4 is 44.3 Å². The van der Waals surface area contributed by atoms with E-state index >= 15 is 0 Å². The fourth-order valence-corrected chi connectivity index (χ4v) is 3.16. The zero-order valence-electron chi connectivity index (χ0n) is 10.5. The van der Waals surface area contributed by atoms with Crippen LogP contribution in [0.1, 0.15) is 32.1 Å². The van der Waals surface area contributed by atoms with Crippen molar-refractivity contribution in [3.63, 3.8) is 0 Å². The molecule has 100 valence electrons. The standard InChI is InChI=1S/C14H15BrClN3/c15-9-6-7-12-11(8-9)13(19-14(16)18-12)17-10-4-2-1-3-5-10/h6-8,10H,1-5H2,(H,17,18,19). The Balaban J connectivity index is 1.98. The number of hydrogen-bond donors (Lipinski definition) is 1. The molecule has 2 aromatic rings. The summed E-state index contributed by atoms with van der Waals surface area (Å²) in [4.78, 5) is 8.62. The molecule has 0 amide bonds. The van der Waals surface area contributed by atoms with Gasteiger partial charge in [-0.3, -0.25) is 0 Å². The van der Waals surface area contributed by atoms with Gasteiger partial charge in [0.15, 0.2) is 0 Å². The van der Waals surface area contributed by atoms with Crippen molar-refractivity contribution in [2.24, 2.45) is 0 Å². The molecule has 1 saturated carbocycles. The predicted octanol–water partition coefficient (Wildman–Crippen LogP) is 4.79. The van der Waals surface area contributed by atoms with Crippen LogP contribution in [0.5, 0.6) is 0 Å². The zero-order valence-corrected chi connectivity index (χ0v) is 12.8. The van der Waals surface area contributed by atoms with E-state index in [2.05, 4.69) is 31.2 Å². The van der Waals surface area contributed by atoms with Gasteiger partial charge >= 0.3 is 0 Å². The Hall–Kier alpha value is -0.870. The number of rotatable bonds is 2. The molecule has 1 aromatic carbocycles. The van der Waals surface area contributed by atoms with Crippen molar-refractivity contribution in [1.82, 2.24) is 9.97 Å². The number of nitrogens with one attached hydrogen (secondary N) is 1. The van der Waals surface area contributed by atoms with E-state index in [4.69, 9.17) is 11.6 Å². The van der Waals surface area contributed by atoms with Crippen molar-refractivity contribution in [2.75, 3.05) is 5.32 Å². The van der Waals surface area contributed by atoms with E-state index in [-0.39, 0.29) is 0 Å². The van der Waals surface area contributed by atoms with Crippen LogP contribution >= 0.6 is 27.5 Å². The van der Waals surface area contributed by atoms with E-state index in [0.29, 0.717) is 11.3 Å². The predicted molar refractivity (Wildman–Crippen MR) is 82.7 cm³/mol. The van der Waals surface area contributed by atoms with E-state index in [1.165, 1.54) is 32.1 Å². The minimum atomic E-state index is 0.299. The maximum absolute atomic E-state index is 6.01. The number of anilines is 1. The summed E-state index contributed by atoms with van der Waals surface area (Å²) in [6.07, 6.45) is 6.33. The van der Waals surface area contributed by atoms with E-state index in [9.17, 15) is 0 Å². The van der Waals surface area contributed by atoms with Gasteiger partial charge in [-0.1, -0.05) is 35.2 Å². The zero-order chi connectivity index (χ0) is 13.2. The number of benzene rings is 1. The van der Waals surface area contributed by atoms with Crippen LogP contribution in [0.2, 0.25) is 5.28 Å². The Morgan fingerprint density at radius 3 is 2.74 bits per heavy atom. The fourth-order valence-electron chi connectivity index (χ4n) is 2.62. The van der Waals surface area contributed by atoms with Crippen LogP contribution in [0, 0.1) is 0 Å². The van der Waals surface area contributed by atoms with Gasteiger partial charge in [-0.05, 0) is 42.6 Å². The number of nitrogens with zero attached hydrogens (tertiary/aromatic N) is 2. The van der Waals surface area contributed by atoms with Gasteiger partial charge in [0.1, 0.15) is 5.82 Å². The summed E-state index contributed by atoms with van der Waals surface area (Å²) in [6, 6.07) is 6.47. The first-order valence-corrected chi connectivity index (χ1v) is 7.79. The first-order chi connectivity index (χ1) is 9.22. The molecule has 1 fully saturated rings. The lowest BCUT2D eigenvalue weighted by molar-refractivity contribution is 0.462. The number of fused-ring (bicyclic) bond motifs is 1. The summed E-state index contributed by atoms with van der Waals surface area (Å²) in [5.74, 6) is 0.850. The third kappa shape index (κ3) is 3.00. The molecule has 19 heavy (non-hydrogen) atoms. The van der Waals surface area contributed by atoms with Gasteiger partial charge in [0, 0.05) is 15.9 Å². The molecule has 1 aliphatic carbocycles. The van der Waals surface area contributed by atoms with Gasteiger partial charge in [-0.15, -0.1) is 0 Å². The molecule has 0 aliphatic heterocycles. The maximum Gasteiger partial charge on any atom is 0.224 e. The Morgan fingerprint density at radius 2 is 1.95 bits per heavy atom. The highest BCUT2D eigenvalue weighted by Crippen LogP contribution is 2.28. The summed E-state index contributed by atoms with van der Waals surface area (Å²) >= 11 is 9.50. The molecular weight excluding hydrogens is 326 g/mol. The van der Waals surface area contributed by atoms with Crippen LogP contribution < -0.4 is 5.32 Å². The van der Waals surface area contributed by atoms with Gasteiger partial charge in [-0.25, -0.2) is 9.97 Å². The average molecular weight is 341 g/mol. The van der Waals surface area contributed by atoms with E-state index in [1.807, 2.05) is 18.2 Å². The van der Waals surface area contributed by atoms with Crippen molar-refractivity contribution in [3.8, 4) is 0 Å². The first-order valence-electron chi connectivity index (χ1n) is 6.62. The quantitative estimate of drug-likeness (QED) is 0.799. The molecule has 3 rings (SSSR count). The maximum atomic E-state index is 6.01. The highest BCUT2D eigenvalue weighted by atomic mass is 79.9. The Labute approximate surface area is 125 Å². The Morgan fingerprint density at radius 1 is 1.16 bits per heavy atom. The van der Waals surface area contributed by atoms with Crippen LogP contribution in [-0.4, -0.2) is 16.0 Å². The van der Waals surface area contributed by atoms with Crippen molar-refractivity contribution < 1.29 is 0 Å². The summed E-state index contributed by atoms with van der Waals surface area (Å²) in [5, 5.41) is 4.85. The summed E-state index contributed by atoms with van der Waals surface area (Å²) in [5.41, 5.74) is 0.876. The van der Waals surface area contributed by atoms with Gasteiger partial charge in [0.2, 0.25) is 5.28 Å². The van der Waals surface area contributed by atoms with E-state index in [0.717, 1.165) is 21.2 Å². The molecule has 0 unspecified atom stereocenters. The molecule has 1 heterocycles. The van der Waals surface area contributed by atoms with Gasteiger partial charge in [0.05, 0.1) is 5.52 Å². The molecule has 0 atom stereocenters. The molecule has 5 heteroatoms. The number of halogens is 2. The van der Waals surface area contributed by atoms with Crippen LogP contribution in [0.25, 0.3) is 10.9 Å². The van der Waals surface area contributed by atoms with Gasteiger partial charge in [-0.2, -0.15) is 0 Å². The van der Waals surface area contributed by atoms with Gasteiger partial charge in [0.25, 0.3) is 0 Å². The molecule has 0 spiro atoms. The van der Waals surface area contributed by atoms with Crippen LogP contribution in [0.4, 0.5) is 5.82 Å². The smallest absolute Gasteiger partial charge is 0.224 e. The van der Waals surface area contributed by atoms with Crippen LogP contribution in [-0.2, 0) is 0 Å². The van der Waals surface area contributed by atoms with Crippen molar-refractivity contribution in [3.05, 3.63) is 28.0 Å². The SMILES string of the molecule is Clc1nc(NC2CCCCC2)c2cc(Br)ccc2n1. The first kappa shape index (κ1) is 13.1.